The van der Waals surface area contributed by atoms with E-state index in [4.69, 9.17) is 4.74 Å². The number of benzene rings is 1. The van der Waals surface area contributed by atoms with Crippen LogP contribution in [0.15, 0.2) is 24.3 Å². The topological polar surface area (TPSA) is 72.3 Å². The van der Waals surface area contributed by atoms with Crippen LogP contribution in [-0.4, -0.2) is 27.9 Å². The lowest BCUT2D eigenvalue weighted by molar-refractivity contribution is 0.0684. The molecule has 1 heterocycles. The van der Waals surface area contributed by atoms with E-state index in [2.05, 4.69) is 24.0 Å². The number of rotatable bonds is 6. The molecule has 1 aromatic carbocycles. The Morgan fingerprint density at radius 3 is 2.75 bits per heavy atom. The summed E-state index contributed by atoms with van der Waals surface area (Å²) >= 11 is 0. The third-order valence-electron chi connectivity index (χ3n) is 3.00. The second-order valence-corrected chi connectivity index (χ2v) is 5.08. The Morgan fingerprint density at radius 1 is 1.30 bits per heavy atom. The summed E-state index contributed by atoms with van der Waals surface area (Å²) in [6.45, 7) is 4.77. The first kappa shape index (κ1) is 14.2. The van der Waals surface area contributed by atoms with Gasteiger partial charge in [-0.05, 0) is 30.9 Å². The normalized spacial score (nSPS) is 10.9. The van der Waals surface area contributed by atoms with Gasteiger partial charge in [0.2, 0.25) is 5.69 Å². The van der Waals surface area contributed by atoms with E-state index in [1.807, 2.05) is 12.1 Å². The van der Waals surface area contributed by atoms with Crippen LogP contribution >= 0.6 is 0 Å². The summed E-state index contributed by atoms with van der Waals surface area (Å²) in [4.78, 5) is 11.2. The molecule has 0 radical (unpaired) electrons. The maximum Gasteiger partial charge on any atom is 0.360 e. The van der Waals surface area contributed by atoms with Crippen molar-refractivity contribution in [1.29, 1.82) is 0 Å². The van der Waals surface area contributed by atoms with Crippen LogP contribution in [-0.2, 0) is 0 Å². The minimum absolute atomic E-state index is 0.131. The molecule has 0 aliphatic carbocycles. The Morgan fingerprint density at radius 2 is 2.05 bits per heavy atom. The number of aromatic carboxylic acids is 1. The molecule has 0 saturated heterocycles. The van der Waals surface area contributed by atoms with Crippen LogP contribution in [0.25, 0.3) is 10.9 Å². The van der Waals surface area contributed by atoms with Crippen LogP contribution in [0.5, 0.6) is 5.75 Å². The van der Waals surface area contributed by atoms with Gasteiger partial charge in [-0.2, -0.15) is 0 Å². The number of hydrogen-bond acceptors (Lipinski definition) is 4. The molecular formula is C15H18N2O3. The third-order valence-corrected chi connectivity index (χ3v) is 3.00. The minimum atomic E-state index is -1.12. The van der Waals surface area contributed by atoms with Gasteiger partial charge < -0.3 is 9.84 Å². The molecule has 0 unspecified atom stereocenters. The average molecular weight is 274 g/mol. The summed E-state index contributed by atoms with van der Waals surface area (Å²) in [5, 5.41) is 17.5. The molecule has 1 aromatic heterocycles. The van der Waals surface area contributed by atoms with Crippen molar-refractivity contribution in [3.8, 4) is 5.75 Å². The highest BCUT2D eigenvalue weighted by Crippen LogP contribution is 2.27. The van der Waals surface area contributed by atoms with Crippen LogP contribution in [0.2, 0.25) is 0 Å². The van der Waals surface area contributed by atoms with Gasteiger partial charge in [0.05, 0.1) is 12.1 Å². The van der Waals surface area contributed by atoms with Gasteiger partial charge in [0.15, 0.2) is 5.75 Å². The third kappa shape index (κ3) is 3.23. The molecule has 2 aromatic rings. The molecular weight excluding hydrogens is 256 g/mol. The standard InChI is InChI=1S/C15H18N2O3/c1-10(2)6-5-9-20-14-11-7-3-4-8-12(11)16-17-13(14)15(18)19/h3-4,7-8,10H,5-6,9H2,1-2H3,(H,18,19). The van der Waals surface area contributed by atoms with Crippen LogP contribution in [0, 0.1) is 5.92 Å². The van der Waals surface area contributed by atoms with Gasteiger partial charge in [0, 0.05) is 5.39 Å². The van der Waals surface area contributed by atoms with Gasteiger partial charge in [0.1, 0.15) is 0 Å². The number of carbonyl (C=O) groups is 1. The van der Waals surface area contributed by atoms with Crippen LogP contribution in [0.3, 0.4) is 0 Å². The van der Waals surface area contributed by atoms with E-state index in [1.54, 1.807) is 12.1 Å². The van der Waals surface area contributed by atoms with Crippen LogP contribution in [0.1, 0.15) is 37.2 Å². The Balaban J connectivity index is 2.28. The van der Waals surface area contributed by atoms with Crippen molar-refractivity contribution < 1.29 is 14.6 Å². The van der Waals surface area contributed by atoms with Gasteiger partial charge in [-0.15, -0.1) is 10.2 Å². The highest BCUT2D eigenvalue weighted by Gasteiger charge is 2.17. The van der Waals surface area contributed by atoms with Crippen molar-refractivity contribution in [3.63, 3.8) is 0 Å². The Bertz CT molecular complexity index is 611. The Kier molecular flexibility index (Phi) is 4.50. The monoisotopic (exact) mass is 274 g/mol. The van der Waals surface area contributed by atoms with E-state index in [0.29, 0.717) is 29.2 Å². The second kappa shape index (κ2) is 6.32. The first-order chi connectivity index (χ1) is 9.59. The largest absolute Gasteiger partial charge is 0.490 e. The summed E-state index contributed by atoms with van der Waals surface area (Å²) in [5.74, 6) is -0.209. The van der Waals surface area contributed by atoms with Gasteiger partial charge in [-0.1, -0.05) is 26.0 Å². The summed E-state index contributed by atoms with van der Waals surface area (Å²) in [7, 11) is 0. The molecule has 0 bridgehead atoms. The zero-order valence-corrected chi connectivity index (χ0v) is 11.7. The number of aromatic nitrogens is 2. The molecule has 5 heteroatoms. The van der Waals surface area contributed by atoms with E-state index in [1.165, 1.54) is 0 Å². The molecule has 106 valence electrons. The predicted molar refractivity (Wildman–Crippen MR) is 76.1 cm³/mol. The highest BCUT2D eigenvalue weighted by atomic mass is 16.5. The molecule has 0 fully saturated rings. The second-order valence-electron chi connectivity index (χ2n) is 5.08. The van der Waals surface area contributed by atoms with Crippen molar-refractivity contribution in [2.24, 2.45) is 5.92 Å². The lowest BCUT2D eigenvalue weighted by Gasteiger charge is -2.11. The minimum Gasteiger partial charge on any atom is -0.490 e. The van der Waals surface area contributed by atoms with Crippen LogP contribution in [0.4, 0.5) is 0 Å². The molecule has 20 heavy (non-hydrogen) atoms. The number of ether oxygens (including phenoxy) is 1. The van der Waals surface area contributed by atoms with Gasteiger partial charge in [-0.25, -0.2) is 4.79 Å². The number of carboxylic acids is 1. The van der Waals surface area contributed by atoms with Gasteiger partial charge in [-0.3, -0.25) is 0 Å². The molecule has 1 N–H and O–H groups in total. The quantitative estimate of drug-likeness (QED) is 0.819. The fourth-order valence-corrected chi connectivity index (χ4v) is 1.98. The molecule has 0 atom stereocenters. The van der Waals surface area contributed by atoms with E-state index >= 15 is 0 Å². The number of hydrogen-bond donors (Lipinski definition) is 1. The molecule has 0 saturated carbocycles. The zero-order valence-electron chi connectivity index (χ0n) is 11.7. The maximum atomic E-state index is 11.2. The Labute approximate surface area is 117 Å². The van der Waals surface area contributed by atoms with Crippen molar-refractivity contribution in [1.82, 2.24) is 10.2 Å². The fraction of sp³-hybridized carbons (Fsp3) is 0.400. The summed E-state index contributed by atoms with van der Waals surface area (Å²) in [6.07, 6.45) is 1.92. The number of fused-ring (bicyclic) bond motifs is 1. The lowest BCUT2D eigenvalue weighted by atomic mass is 10.1. The summed E-state index contributed by atoms with van der Waals surface area (Å²) in [5.41, 5.74) is 0.504. The molecule has 0 aliphatic rings. The Hall–Kier alpha value is -2.17. The summed E-state index contributed by atoms with van der Waals surface area (Å²) < 4.78 is 5.68. The maximum absolute atomic E-state index is 11.2. The smallest absolute Gasteiger partial charge is 0.360 e. The van der Waals surface area contributed by atoms with Crippen molar-refractivity contribution in [2.75, 3.05) is 6.61 Å². The molecule has 0 aliphatic heterocycles. The summed E-state index contributed by atoms with van der Waals surface area (Å²) in [6, 6.07) is 7.25. The first-order valence-electron chi connectivity index (χ1n) is 6.71. The van der Waals surface area contributed by atoms with Crippen LogP contribution < -0.4 is 4.74 Å². The zero-order chi connectivity index (χ0) is 14.5. The highest BCUT2D eigenvalue weighted by molar-refractivity contribution is 5.96. The van der Waals surface area contributed by atoms with E-state index < -0.39 is 5.97 Å². The first-order valence-corrected chi connectivity index (χ1v) is 6.71. The van der Waals surface area contributed by atoms with E-state index in [0.717, 1.165) is 12.8 Å². The lowest BCUT2D eigenvalue weighted by Crippen LogP contribution is -2.09. The SMILES string of the molecule is CC(C)CCCOc1c(C(=O)O)nnc2ccccc12. The average Bonchev–Trinajstić information content (AvgIpc) is 2.42. The molecule has 2 rings (SSSR count). The van der Waals surface area contributed by atoms with E-state index in [9.17, 15) is 9.90 Å². The van der Waals surface area contributed by atoms with E-state index in [-0.39, 0.29) is 5.69 Å². The predicted octanol–water partition coefficient (Wildman–Crippen LogP) is 3.14. The molecule has 0 amide bonds. The van der Waals surface area contributed by atoms with Crippen molar-refractivity contribution in [3.05, 3.63) is 30.0 Å². The van der Waals surface area contributed by atoms with Crippen molar-refractivity contribution >= 4 is 16.9 Å². The fourth-order valence-electron chi connectivity index (χ4n) is 1.98. The van der Waals surface area contributed by atoms with Gasteiger partial charge >= 0.3 is 5.97 Å². The van der Waals surface area contributed by atoms with Gasteiger partial charge in [0.25, 0.3) is 0 Å². The van der Waals surface area contributed by atoms with Crippen molar-refractivity contribution in [2.45, 2.75) is 26.7 Å². The number of carboxylic acid groups (broad SMARTS) is 1. The number of nitrogens with zero attached hydrogens (tertiary/aromatic N) is 2. The molecule has 5 nitrogen and oxygen atoms in total. The molecule has 0 spiro atoms.